The first kappa shape index (κ1) is 14.8. The third-order valence-electron chi connectivity index (χ3n) is 3.86. The number of benzene rings is 1. The van der Waals surface area contributed by atoms with Gasteiger partial charge in [0.15, 0.2) is 0 Å². The fourth-order valence-corrected chi connectivity index (χ4v) is 3.28. The summed E-state index contributed by atoms with van der Waals surface area (Å²) in [6.07, 6.45) is 6.55. The molecule has 0 spiro atoms. The standard InChI is InChI=1S/C15H23BrN2O/c1-19-12-7-8-14(16)13(9-12)15(10-17)18-11-5-3-2-4-6-11/h7-9,11,15,18H,2-6,10,17H2,1H3. The van der Waals surface area contributed by atoms with Gasteiger partial charge in [0, 0.05) is 23.1 Å². The maximum atomic E-state index is 5.96. The van der Waals surface area contributed by atoms with E-state index in [-0.39, 0.29) is 6.04 Å². The van der Waals surface area contributed by atoms with Gasteiger partial charge in [-0.15, -0.1) is 0 Å². The Labute approximate surface area is 124 Å². The quantitative estimate of drug-likeness (QED) is 0.872. The van der Waals surface area contributed by atoms with E-state index >= 15 is 0 Å². The van der Waals surface area contributed by atoms with Gasteiger partial charge in [-0.1, -0.05) is 35.2 Å². The zero-order valence-electron chi connectivity index (χ0n) is 11.5. The Morgan fingerprint density at radius 1 is 1.37 bits per heavy atom. The average molecular weight is 327 g/mol. The highest BCUT2D eigenvalue weighted by molar-refractivity contribution is 9.10. The topological polar surface area (TPSA) is 47.3 Å². The Bertz CT molecular complexity index is 405. The van der Waals surface area contributed by atoms with E-state index in [1.807, 2.05) is 12.1 Å². The van der Waals surface area contributed by atoms with Crippen LogP contribution in [0.2, 0.25) is 0 Å². The number of nitrogens with one attached hydrogen (secondary N) is 1. The molecule has 2 rings (SSSR count). The minimum Gasteiger partial charge on any atom is -0.497 e. The zero-order valence-corrected chi connectivity index (χ0v) is 13.1. The molecule has 1 aromatic carbocycles. The highest BCUT2D eigenvalue weighted by Gasteiger charge is 2.20. The Hall–Kier alpha value is -0.580. The number of nitrogens with two attached hydrogens (primary N) is 1. The van der Waals surface area contributed by atoms with E-state index < -0.39 is 0 Å². The number of hydrogen-bond acceptors (Lipinski definition) is 3. The van der Waals surface area contributed by atoms with Crippen LogP contribution in [0.4, 0.5) is 0 Å². The smallest absolute Gasteiger partial charge is 0.119 e. The third-order valence-corrected chi connectivity index (χ3v) is 4.58. The molecule has 0 heterocycles. The molecule has 0 radical (unpaired) electrons. The summed E-state index contributed by atoms with van der Waals surface area (Å²) in [7, 11) is 1.69. The first-order chi connectivity index (χ1) is 9.24. The molecule has 4 heteroatoms. The molecule has 0 bridgehead atoms. The maximum absolute atomic E-state index is 5.96. The summed E-state index contributed by atoms with van der Waals surface area (Å²) in [5, 5.41) is 3.70. The number of halogens is 1. The molecular formula is C15H23BrN2O. The first-order valence-electron chi connectivity index (χ1n) is 7.04. The molecule has 1 fully saturated rings. The Balaban J connectivity index is 2.11. The fraction of sp³-hybridized carbons (Fsp3) is 0.600. The van der Waals surface area contributed by atoms with E-state index in [1.165, 1.54) is 37.7 Å². The molecule has 106 valence electrons. The van der Waals surface area contributed by atoms with Crippen LogP contribution in [0, 0.1) is 0 Å². The van der Waals surface area contributed by atoms with E-state index in [0.29, 0.717) is 12.6 Å². The minimum absolute atomic E-state index is 0.188. The van der Waals surface area contributed by atoms with Crippen molar-refractivity contribution in [2.45, 2.75) is 44.2 Å². The number of ether oxygens (including phenoxy) is 1. The highest BCUT2D eigenvalue weighted by atomic mass is 79.9. The summed E-state index contributed by atoms with van der Waals surface area (Å²) in [6.45, 7) is 0.599. The fourth-order valence-electron chi connectivity index (χ4n) is 2.75. The van der Waals surface area contributed by atoms with Crippen LogP contribution in [-0.4, -0.2) is 19.7 Å². The molecule has 1 atom stereocenters. The summed E-state index contributed by atoms with van der Waals surface area (Å²) in [4.78, 5) is 0. The molecule has 0 aromatic heterocycles. The Morgan fingerprint density at radius 3 is 2.74 bits per heavy atom. The van der Waals surface area contributed by atoms with E-state index in [2.05, 4.69) is 27.3 Å². The molecule has 0 saturated heterocycles. The molecule has 1 aliphatic carbocycles. The van der Waals surface area contributed by atoms with Crippen LogP contribution in [0.1, 0.15) is 43.7 Å². The van der Waals surface area contributed by atoms with Crippen molar-refractivity contribution in [3.63, 3.8) is 0 Å². The van der Waals surface area contributed by atoms with Crippen LogP contribution in [0.3, 0.4) is 0 Å². The molecule has 3 nitrogen and oxygen atoms in total. The second kappa shape index (κ2) is 7.27. The number of hydrogen-bond donors (Lipinski definition) is 2. The van der Waals surface area contributed by atoms with E-state index in [1.54, 1.807) is 7.11 Å². The third kappa shape index (κ3) is 3.94. The molecule has 0 aliphatic heterocycles. The Kier molecular flexibility index (Phi) is 5.67. The molecule has 1 aliphatic rings. The lowest BCUT2D eigenvalue weighted by Gasteiger charge is -2.28. The van der Waals surface area contributed by atoms with Crippen LogP contribution < -0.4 is 15.8 Å². The summed E-state index contributed by atoms with van der Waals surface area (Å²) < 4.78 is 6.39. The van der Waals surface area contributed by atoms with Gasteiger partial charge in [0.1, 0.15) is 5.75 Å². The summed E-state index contributed by atoms with van der Waals surface area (Å²) in [6, 6.07) is 6.84. The summed E-state index contributed by atoms with van der Waals surface area (Å²) in [5.41, 5.74) is 7.15. The van der Waals surface area contributed by atoms with Gasteiger partial charge in [-0.05, 0) is 36.6 Å². The molecule has 1 aromatic rings. The second-order valence-electron chi connectivity index (χ2n) is 5.18. The largest absolute Gasteiger partial charge is 0.497 e. The predicted molar refractivity (Wildman–Crippen MR) is 82.5 cm³/mol. The van der Waals surface area contributed by atoms with Crippen molar-refractivity contribution in [1.82, 2.24) is 5.32 Å². The number of rotatable bonds is 5. The van der Waals surface area contributed by atoms with Crippen LogP contribution in [0.5, 0.6) is 5.75 Å². The lowest BCUT2D eigenvalue weighted by Crippen LogP contribution is -2.38. The highest BCUT2D eigenvalue weighted by Crippen LogP contribution is 2.29. The normalized spacial score (nSPS) is 18.3. The van der Waals surface area contributed by atoms with Gasteiger partial charge in [0.25, 0.3) is 0 Å². The van der Waals surface area contributed by atoms with Crippen molar-refractivity contribution in [2.24, 2.45) is 5.73 Å². The van der Waals surface area contributed by atoms with Crippen molar-refractivity contribution >= 4 is 15.9 Å². The molecule has 19 heavy (non-hydrogen) atoms. The predicted octanol–water partition coefficient (Wildman–Crippen LogP) is 3.38. The van der Waals surface area contributed by atoms with Crippen LogP contribution in [0.15, 0.2) is 22.7 Å². The van der Waals surface area contributed by atoms with Crippen molar-refractivity contribution in [1.29, 1.82) is 0 Å². The lowest BCUT2D eigenvalue weighted by atomic mass is 9.94. The van der Waals surface area contributed by atoms with Gasteiger partial charge in [-0.3, -0.25) is 0 Å². The van der Waals surface area contributed by atoms with Gasteiger partial charge >= 0.3 is 0 Å². The molecular weight excluding hydrogens is 304 g/mol. The van der Waals surface area contributed by atoms with Crippen LogP contribution >= 0.6 is 15.9 Å². The van der Waals surface area contributed by atoms with Gasteiger partial charge in [0.2, 0.25) is 0 Å². The monoisotopic (exact) mass is 326 g/mol. The summed E-state index contributed by atoms with van der Waals surface area (Å²) in [5.74, 6) is 0.877. The van der Waals surface area contributed by atoms with Gasteiger partial charge in [-0.2, -0.15) is 0 Å². The SMILES string of the molecule is COc1ccc(Br)c(C(CN)NC2CCCCC2)c1. The van der Waals surface area contributed by atoms with Crippen molar-refractivity contribution in [3.05, 3.63) is 28.2 Å². The number of methoxy groups -OCH3 is 1. The first-order valence-corrected chi connectivity index (χ1v) is 7.83. The van der Waals surface area contributed by atoms with E-state index in [0.717, 1.165) is 10.2 Å². The van der Waals surface area contributed by atoms with Crippen molar-refractivity contribution in [3.8, 4) is 5.75 Å². The van der Waals surface area contributed by atoms with E-state index in [4.69, 9.17) is 10.5 Å². The molecule has 1 saturated carbocycles. The van der Waals surface area contributed by atoms with Crippen molar-refractivity contribution in [2.75, 3.05) is 13.7 Å². The van der Waals surface area contributed by atoms with Gasteiger partial charge < -0.3 is 15.8 Å². The molecule has 1 unspecified atom stereocenters. The van der Waals surface area contributed by atoms with E-state index in [9.17, 15) is 0 Å². The van der Waals surface area contributed by atoms with Gasteiger partial charge in [0.05, 0.1) is 7.11 Å². The van der Waals surface area contributed by atoms with Crippen molar-refractivity contribution < 1.29 is 4.74 Å². The minimum atomic E-state index is 0.188. The van der Waals surface area contributed by atoms with Gasteiger partial charge in [-0.25, -0.2) is 0 Å². The maximum Gasteiger partial charge on any atom is 0.119 e. The summed E-state index contributed by atoms with van der Waals surface area (Å²) >= 11 is 3.61. The second-order valence-corrected chi connectivity index (χ2v) is 6.03. The van der Waals surface area contributed by atoms with Crippen LogP contribution in [0.25, 0.3) is 0 Å². The van der Waals surface area contributed by atoms with Crippen LogP contribution in [-0.2, 0) is 0 Å². The molecule has 0 amide bonds. The molecule has 3 N–H and O–H groups in total. The Morgan fingerprint density at radius 2 is 2.11 bits per heavy atom. The zero-order chi connectivity index (χ0) is 13.7. The lowest BCUT2D eigenvalue weighted by molar-refractivity contribution is 0.339. The average Bonchev–Trinajstić information content (AvgIpc) is 2.47.